The van der Waals surface area contributed by atoms with Crippen molar-refractivity contribution in [2.24, 2.45) is 0 Å². The van der Waals surface area contributed by atoms with E-state index in [2.05, 4.69) is 20.9 Å². The molecule has 0 aliphatic heterocycles. The SMILES string of the molecule is Nc1ccc(Br)c(Oc2ncc(F)cc2F)c1. The zero-order valence-corrected chi connectivity index (χ0v) is 10.0. The lowest BCUT2D eigenvalue weighted by Gasteiger charge is -2.08. The Morgan fingerprint density at radius 1 is 1.24 bits per heavy atom. The third-order valence-corrected chi connectivity index (χ3v) is 2.59. The van der Waals surface area contributed by atoms with Crippen molar-refractivity contribution in [1.29, 1.82) is 0 Å². The van der Waals surface area contributed by atoms with Crippen molar-refractivity contribution in [3.05, 3.63) is 46.6 Å². The Kier molecular flexibility index (Phi) is 3.23. The highest BCUT2D eigenvalue weighted by molar-refractivity contribution is 9.10. The molecule has 2 rings (SSSR count). The molecule has 0 aliphatic carbocycles. The maximum absolute atomic E-state index is 13.3. The molecule has 6 heteroatoms. The van der Waals surface area contributed by atoms with Crippen LogP contribution in [-0.4, -0.2) is 4.98 Å². The van der Waals surface area contributed by atoms with Gasteiger partial charge in [0.05, 0.1) is 10.7 Å². The second-order valence-corrected chi connectivity index (χ2v) is 4.09. The second-order valence-electron chi connectivity index (χ2n) is 3.23. The fourth-order valence-corrected chi connectivity index (χ4v) is 1.51. The lowest BCUT2D eigenvalue weighted by molar-refractivity contribution is 0.415. The van der Waals surface area contributed by atoms with E-state index >= 15 is 0 Å². The van der Waals surface area contributed by atoms with Crippen molar-refractivity contribution in [2.45, 2.75) is 0 Å². The first-order valence-corrected chi connectivity index (χ1v) is 5.39. The molecule has 1 aromatic heterocycles. The van der Waals surface area contributed by atoms with Crippen LogP contribution in [0.15, 0.2) is 34.9 Å². The lowest BCUT2D eigenvalue weighted by Crippen LogP contribution is -1.95. The molecule has 0 fully saturated rings. The van der Waals surface area contributed by atoms with E-state index in [0.717, 1.165) is 6.20 Å². The van der Waals surface area contributed by atoms with E-state index in [-0.39, 0.29) is 5.88 Å². The normalized spacial score (nSPS) is 10.3. The van der Waals surface area contributed by atoms with Crippen LogP contribution in [0.4, 0.5) is 14.5 Å². The van der Waals surface area contributed by atoms with Gasteiger partial charge in [-0.05, 0) is 28.1 Å². The van der Waals surface area contributed by atoms with Gasteiger partial charge in [-0.1, -0.05) is 0 Å². The zero-order valence-electron chi connectivity index (χ0n) is 8.45. The average molecular weight is 301 g/mol. The van der Waals surface area contributed by atoms with Gasteiger partial charge in [-0.15, -0.1) is 0 Å². The molecule has 0 aliphatic rings. The summed E-state index contributed by atoms with van der Waals surface area (Å²) in [5.74, 6) is -1.64. The summed E-state index contributed by atoms with van der Waals surface area (Å²) in [6, 6.07) is 5.52. The number of hydrogen-bond acceptors (Lipinski definition) is 3. The minimum atomic E-state index is -0.876. The molecule has 0 unspecified atom stereocenters. The molecule has 0 bridgehead atoms. The first-order chi connectivity index (χ1) is 8.06. The smallest absolute Gasteiger partial charge is 0.256 e. The Labute approximate surface area is 104 Å². The molecule has 1 heterocycles. The minimum Gasteiger partial charge on any atom is -0.435 e. The summed E-state index contributed by atoms with van der Waals surface area (Å²) < 4.78 is 31.7. The number of nitrogens with two attached hydrogens (primary N) is 1. The van der Waals surface area contributed by atoms with E-state index in [9.17, 15) is 8.78 Å². The topological polar surface area (TPSA) is 48.1 Å². The Hall–Kier alpha value is -1.69. The molecule has 88 valence electrons. The van der Waals surface area contributed by atoms with Crippen LogP contribution in [0.3, 0.4) is 0 Å². The molecular weight excluding hydrogens is 294 g/mol. The molecular formula is C11H7BrF2N2O. The summed E-state index contributed by atoms with van der Waals surface area (Å²) in [7, 11) is 0. The summed E-state index contributed by atoms with van der Waals surface area (Å²) in [5, 5.41) is 0. The largest absolute Gasteiger partial charge is 0.435 e. The van der Waals surface area contributed by atoms with Gasteiger partial charge >= 0.3 is 0 Å². The Balaban J connectivity index is 2.34. The standard InChI is InChI=1S/C11H7BrF2N2O/c12-8-2-1-7(15)4-10(8)17-11-9(14)3-6(13)5-16-11/h1-5H,15H2. The summed E-state index contributed by atoms with van der Waals surface area (Å²) >= 11 is 3.22. The molecule has 0 saturated carbocycles. The lowest BCUT2D eigenvalue weighted by atomic mass is 10.3. The fraction of sp³-hybridized carbons (Fsp3) is 0. The molecule has 3 nitrogen and oxygen atoms in total. The van der Waals surface area contributed by atoms with Gasteiger partial charge in [0.15, 0.2) is 5.82 Å². The third kappa shape index (κ3) is 2.71. The van der Waals surface area contributed by atoms with E-state index in [1.165, 1.54) is 6.07 Å². The van der Waals surface area contributed by atoms with Crippen molar-refractivity contribution in [3.63, 3.8) is 0 Å². The summed E-state index contributed by atoms with van der Waals surface area (Å²) in [6.45, 7) is 0. The predicted octanol–water partition coefficient (Wildman–Crippen LogP) is 3.50. The van der Waals surface area contributed by atoms with Crippen LogP contribution < -0.4 is 10.5 Å². The van der Waals surface area contributed by atoms with E-state index in [0.29, 0.717) is 22.0 Å². The van der Waals surface area contributed by atoms with Gasteiger partial charge in [-0.25, -0.2) is 13.8 Å². The van der Waals surface area contributed by atoms with Crippen LogP contribution >= 0.6 is 15.9 Å². The number of aromatic nitrogens is 1. The Morgan fingerprint density at radius 2 is 2.00 bits per heavy atom. The van der Waals surface area contributed by atoms with Crippen molar-refractivity contribution >= 4 is 21.6 Å². The average Bonchev–Trinajstić information content (AvgIpc) is 2.27. The number of benzene rings is 1. The molecule has 0 radical (unpaired) electrons. The monoisotopic (exact) mass is 300 g/mol. The first kappa shape index (κ1) is 11.8. The molecule has 0 spiro atoms. The third-order valence-electron chi connectivity index (χ3n) is 1.94. The van der Waals surface area contributed by atoms with E-state index in [4.69, 9.17) is 10.5 Å². The highest BCUT2D eigenvalue weighted by Gasteiger charge is 2.10. The first-order valence-electron chi connectivity index (χ1n) is 4.60. The van der Waals surface area contributed by atoms with Crippen molar-refractivity contribution in [3.8, 4) is 11.6 Å². The van der Waals surface area contributed by atoms with E-state index in [1.807, 2.05) is 0 Å². The summed E-state index contributed by atoms with van der Waals surface area (Å²) in [6.07, 6.45) is 0.874. The second kappa shape index (κ2) is 4.67. The molecule has 0 atom stereocenters. The van der Waals surface area contributed by atoms with Crippen molar-refractivity contribution in [2.75, 3.05) is 5.73 Å². The number of ether oxygens (including phenoxy) is 1. The van der Waals surface area contributed by atoms with Gasteiger partial charge in [-0.2, -0.15) is 0 Å². The molecule has 2 aromatic rings. The van der Waals surface area contributed by atoms with Crippen LogP contribution in [0.1, 0.15) is 0 Å². The highest BCUT2D eigenvalue weighted by Crippen LogP contribution is 2.31. The fourth-order valence-electron chi connectivity index (χ4n) is 1.18. The van der Waals surface area contributed by atoms with Crippen molar-refractivity contribution in [1.82, 2.24) is 4.98 Å². The van der Waals surface area contributed by atoms with Crippen LogP contribution in [-0.2, 0) is 0 Å². The van der Waals surface area contributed by atoms with Gasteiger partial charge in [-0.3, -0.25) is 0 Å². The quantitative estimate of drug-likeness (QED) is 0.864. The van der Waals surface area contributed by atoms with Gasteiger partial charge in [0.25, 0.3) is 5.88 Å². The summed E-state index contributed by atoms with van der Waals surface area (Å²) in [5.41, 5.74) is 6.03. The summed E-state index contributed by atoms with van der Waals surface area (Å²) in [4.78, 5) is 3.51. The Morgan fingerprint density at radius 3 is 2.71 bits per heavy atom. The Bertz CT molecular complexity index is 563. The van der Waals surface area contributed by atoms with Gasteiger partial charge in [0.1, 0.15) is 11.6 Å². The van der Waals surface area contributed by atoms with E-state index in [1.54, 1.807) is 12.1 Å². The number of hydrogen-bond donors (Lipinski definition) is 1. The van der Waals surface area contributed by atoms with Crippen LogP contribution in [0.25, 0.3) is 0 Å². The van der Waals surface area contributed by atoms with Crippen molar-refractivity contribution < 1.29 is 13.5 Å². The number of anilines is 1. The van der Waals surface area contributed by atoms with Gasteiger partial charge in [0, 0.05) is 17.8 Å². The minimum absolute atomic E-state index is 0.308. The molecule has 17 heavy (non-hydrogen) atoms. The molecule has 0 amide bonds. The zero-order chi connectivity index (χ0) is 12.4. The van der Waals surface area contributed by atoms with Gasteiger partial charge in [0.2, 0.25) is 0 Å². The van der Waals surface area contributed by atoms with Crippen LogP contribution in [0.2, 0.25) is 0 Å². The van der Waals surface area contributed by atoms with Gasteiger partial charge < -0.3 is 10.5 Å². The number of nitrogens with zero attached hydrogens (tertiary/aromatic N) is 1. The number of halogens is 3. The number of rotatable bonds is 2. The maximum atomic E-state index is 13.3. The molecule has 0 saturated heterocycles. The maximum Gasteiger partial charge on any atom is 0.256 e. The predicted molar refractivity (Wildman–Crippen MR) is 62.8 cm³/mol. The molecule has 2 N–H and O–H groups in total. The van der Waals surface area contributed by atoms with Crippen LogP contribution in [0.5, 0.6) is 11.6 Å². The number of pyridine rings is 1. The van der Waals surface area contributed by atoms with Crippen LogP contribution in [0, 0.1) is 11.6 Å². The number of nitrogen functional groups attached to an aromatic ring is 1. The molecule has 1 aromatic carbocycles. The highest BCUT2D eigenvalue weighted by atomic mass is 79.9. The van der Waals surface area contributed by atoms with E-state index < -0.39 is 11.6 Å².